The van der Waals surface area contributed by atoms with Crippen LogP contribution in [-0.4, -0.2) is 5.71 Å². The van der Waals surface area contributed by atoms with E-state index < -0.39 is 11.8 Å². The Kier molecular flexibility index (Phi) is 4.80. The predicted molar refractivity (Wildman–Crippen MR) is 66.4 cm³/mol. The highest BCUT2D eigenvalue weighted by Gasteiger charge is 2.23. The van der Waals surface area contributed by atoms with Crippen LogP contribution in [0.25, 0.3) is 0 Å². The molecule has 0 spiro atoms. The Morgan fingerprint density at radius 1 is 1.00 bits per heavy atom. The maximum atomic E-state index is 9.04. The molecule has 0 aliphatic rings. The van der Waals surface area contributed by atoms with Gasteiger partial charge in [-0.1, -0.05) is 12.1 Å². The van der Waals surface area contributed by atoms with Gasteiger partial charge in [-0.2, -0.15) is 21.0 Å². The van der Waals surface area contributed by atoms with E-state index in [0.29, 0.717) is 5.56 Å². The Morgan fingerprint density at radius 2 is 1.58 bits per heavy atom. The molecule has 1 aromatic carbocycles. The molecule has 1 rings (SSSR count). The van der Waals surface area contributed by atoms with Crippen LogP contribution in [-0.2, 0) is 6.42 Å². The van der Waals surface area contributed by atoms with Gasteiger partial charge in [-0.3, -0.25) is 0 Å². The van der Waals surface area contributed by atoms with Gasteiger partial charge in [0.1, 0.15) is 0 Å². The largest absolute Gasteiger partial charge is 0.306 e. The molecule has 0 amide bonds. The highest BCUT2D eigenvalue weighted by molar-refractivity contribution is 5.92. The van der Waals surface area contributed by atoms with Crippen LogP contribution in [0, 0.1) is 62.6 Å². The van der Waals surface area contributed by atoms with Crippen LogP contribution >= 0.6 is 0 Å². The lowest BCUT2D eigenvalue weighted by molar-refractivity contribution is 0.822. The van der Waals surface area contributed by atoms with Crippen molar-refractivity contribution in [2.75, 3.05) is 0 Å². The third kappa shape index (κ3) is 3.40. The Labute approximate surface area is 111 Å². The fraction of sp³-hybridized carbons (Fsp3) is 0.214. The zero-order chi connectivity index (χ0) is 14.3. The van der Waals surface area contributed by atoms with E-state index in [1.807, 2.05) is 12.1 Å². The van der Waals surface area contributed by atoms with E-state index in [4.69, 9.17) is 26.5 Å². The standard InChI is InChI=1S/C14H9N5/c15-6-11-3-1-10(2-4-11)5-12(7-16)14(19)13(8-17)9-18/h1-4,12-13,19H,5H2. The molecule has 0 fully saturated rings. The smallest absolute Gasteiger partial charge is 0.171 e. The number of nitriles is 4. The van der Waals surface area contributed by atoms with Gasteiger partial charge in [-0.05, 0) is 24.1 Å². The van der Waals surface area contributed by atoms with Gasteiger partial charge in [0.2, 0.25) is 0 Å². The van der Waals surface area contributed by atoms with Crippen molar-refractivity contribution in [3.8, 4) is 24.3 Å². The second-order valence-corrected chi connectivity index (χ2v) is 3.84. The maximum Gasteiger partial charge on any atom is 0.171 e. The number of nitrogens with zero attached hydrogens (tertiary/aromatic N) is 4. The molecule has 5 nitrogen and oxygen atoms in total. The topological polar surface area (TPSA) is 119 Å². The summed E-state index contributed by atoms with van der Waals surface area (Å²) >= 11 is 0. The first-order chi connectivity index (χ1) is 9.15. The van der Waals surface area contributed by atoms with Gasteiger partial charge in [0.25, 0.3) is 0 Å². The normalized spacial score (nSPS) is 10.6. The summed E-state index contributed by atoms with van der Waals surface area (Å²) in [6.45, 7) is 0. The zero-order valence-corrected chi connectivity index (χ0v) is 9.96. The van der Waals surface area contributed by atoms with Crippen molar-refractivity contribution in [2.24, 2.45) is 11.8 Å². The van der Waals surface area contributed by atoms with Crippen LogP contribution in [0.3, 0.4) is 0 Å². The number of benzene rings is 1. The van der Waals surface area contributed by atoms with Gasteiger partial charge in [0.05, 0.1) is 41.5 Å². The molecule has 0 saturated carbocycles. The Bertz CT molecular complexity index is 617. The van der Waals surface area contributed by atoms with Crippen LogP contribution in [0.15, 0.2) is 24.3 Å². The van der Waals surface area contributed by atoms with Crippen LogP contribution in [0.4, 0.5) is 0 Å². The number of hydrogen-bond donors (Lipinski definition) is 1. The molecule has 0 aromatic heterocycles. The fourth-order valence-electron chi connectivity index (χ4n) is 1.55. The molecule has 0 bridgehead atoms. The van der Waals surface area contributed by atoms with Crippen molar-refractivity contribution in [1.29, 1.82) is 26.5 Å². The molecule has 5 heteroatoms. The lowest BCUT2D eigenvalue weighted by atomic mass is 9.89. The second-order valence-electron chi connectivity index (χ2n) is 3.84. The van der Waals surface area contributed by atoms with Crippen molar-refractivity contribution < 1.29 is 0 Å². The first-order valence-electron chi connectivity index (χ1n) is 5.42. The highest BCUT2D eigenvalue weighted by Crippen LogP contribution is 2.14. The van der Waals surface area contributed by atoms with Gasteiger partial charge in [-0.15, -0.1) is 0 Å². The minimum Gasteiger partial charge on any atom is -0.306 e. The van der Waals surface area contributed by atoms with E-state index >= 15 is 0 Å². The zero-order valence-electron chi connectivity index (χ0n) is 9.96. The van der Waals surface area contributed by atoms with Crippen molar-refractivity contribution in [2.45, 2.75) is 6.42 Å². The first-order valence-corrected chi connectivity index (χ1v) is 5.42. The molecule has 1 atom stereocenters. The minimum absolute atomic E-state index is 0.183. The molecule has 1 N–H and O–H groups in total. The van der Waals surface area contributed by atoms with E-state index in [1.54, 1.807) is 36.4 Å². The summed E-state index contributed by atoms with van der Waals surface area (Å²) in [5, 5.41) is 42.9. The minimum atomic E-state index is -1.19. The van der Waals surface area contributed by atoms with Crippen molar-refractivity contribution in [1.82, 2.24) is 0 Å². The molecule has 0 aliphatic carbocycles. The van der Waals surface area contributed by atoms with Crippen molar-refractivity contribution >= 4 is 5.71 Å². The van der Waals surface area contributed by atoms with Gasteiger partial charge in [-0.25, -0.2) is 0 Å². The Balaban J connectivity index is 2.87. The van der Waals surface area contributed by atoms with E-state index in [9.17, 15) is 0 Å². The molecule has 0 radical (unpaired) electrons. The monoisotopic (exact) mass is 247 g/mol. The summed E-state index contributed by atoms with van der Waals surface area (Å²) in [6.07, 6.45) is 0.251. The van der Waals surface area contributed by atoms with E-state index in [1.165, 1.54) is 0 Å². The van der Waals surface area contributed by atoms with E-state index in [0.717, 1.165) is 5.56 Å². The fourth-order valence-corrected chi connectivity index (χ4v) is 1.55. The number of hydrogen-bond acceptors (Lipinski definition) is 5. The molecule has 1 aromatic rings. The molecule has 0 aliphatic heterocycles. The van der Waals surface area contributed by atoms with E-state index in [-0.39, 0.29) is 12.1 Å². The molecule has 1 unspecified atom stereocenters. The van der Waals surface area contributed by atoms with Gasteiger partial charge in [0.15, 0.2) is 5.92 Å². The lowest BCUT2D eigenvalue weighted by Gasteiger charge is -2.11. The molecule has 90 valence electrons. The van der Waals surface area contributed by atoms with Crippen molar-refractivity contribution in [3.63, 3.8) is 0 Å². The van der Waals surface area contributed by atoms with E-state index in [2.05, 4.69) is 0 Å². The average Bonchev–Trinajstić information content (AvgIpc) is 2.46. The van der Waals surface area contributed by atoms with Crippen LogP contribution in [0.1, 0.15) is 11.1 Å². The molecular formula is C14H9N5. The average molecular weight is 247 g/mol. The van der Waals surface area contributed by atoms with Crippen molar-refractivity contribution in [3.05, 3.63) is 35.4 Å². The second kappa shape index (κ2) is 6.55. The van der Waals surface area contributed by atoms with Gasteiger partial charge in [0, 0.05) is 0 Å². The van der Waals surface area contributed by atoms with Gasteiger partial charge >= 0.3 is 0 Å². The SMILES string of the molecule is N#Cc1ccc(CC(C#N)C(=N)C(C#N)C#N)cc1. The summed E-state index contributed by atoms with van der Waals surface area (Å²) in [5.41, 5.74) is 1.11. The first kappa shape index (κ1) is 13.9. The Hall–Kier alpha value is -3.15. The van der Waals surface area contributed by atoms with Gasteiger partial charge < -0.3 is 5.41 Å². The quantitative estimate of drug-likeness (QED) is 0.817. The summed E-state index contributed by atoms with van der Waals surface area (Å²) < 4.78 is 0. The number of nitrogens with one attached hydrogen (secondary N) is 1. The summed E-state index contributed by atoms with van der Waals surface area (Å²) in [7, 11) is 0. The molecular weight excluding hydrogens is 238 g/mol. The third-order valence-corrected chi connectivity index (χ3v) is 2.62. The summed E-state index contributed by atoms with van der Waals surface area (Å²) in [5.74, 6) is -2.00. The van der Waals surface area contributed by atoms with Crippen LogP contribution in [0.5, 0.6) is 0 Å². The van der Waals surface area contributed by atoms with Crippen LogP contribution in [0.2, 0.25) is 0 Å². The highest BCUT2D eigenvalue weighted by atomic mass is 14.5. The summed E-state index contributed by atoms with van der Waals surface area (Å²) in [4.78, 5) is 0. The molecule has 0 saturated heterocycles. The molecule has 19 heavy (non-hydrogen) atoms. The maximum absolute atomic E-state index is 9.04. The Morgan fingerprint density at radius 3 is 2.00 bits per heavy atom. The summed E-state index contributed by atoms with van der Waals surface area (Å²) in [6, 6.07) is 14.0. The third-order valence-electron chi connectivity index (χ3n) is 2.62. The number of rotatable bonds is 4. The predicted octanol–water partition coefficient (Wildman–Crippen LogP) is 1.92. The lowest BCUT2D eigenvalue weighted by Crippen LogP contribution is -2.21. The molecule has 0 heterocycles. The van der Waals surface area contributed by atoms with Crippen LogP contribution < -0.4 is 0 Å².